The van der Waals surface area contributed by atoms with Crippen LogP contribution in [0.1, 0.15) is 11.6 Å². The highest BCUT2D eigenvalue weighted by molar-refractivity contribution is 5.85. The average Bonchev–Trinajstić information content (AvgIpc) is 2.46. The smallest absolute Gasteiger partial charge is 0.248 e. The molecule has 110 valence electrons. The van der Waals surface area contributed by atoms with Crippen LogP contribution in [0.2, 0.25) is 0 Å². The maximum atomic E-state index is 12.3. The summed E-state index contributed by atoms with van der Waals surface area (Å²) in [6.45, 7) is 0.874. The highest BCUT2D eigenvalue weighted by Crippen LogP contribution is 2.15. The second-order valence-electron chi connectivity index (χ2n) is 4.43. The van der Waals surface area contributed by atoms with E-state index in [0.29, 0.717) is 13.2 Å². The van der Waals surface area contributed by atoms with Crippen LogP contribution in [-0.2, 0) is 14.3 Å². The van der Waals surface area contributed by atoms with E-state index >= 15 is 0 Å². The molecular weight excluding hydrogens is 282 g/mol. The maximum Gasteiger partial charge on any atom is 0.248 e. The van der Waals surface area contributed by atoms with Crippen molar-refractivity contribution in [1.82, 2.24) is 4.90 Å². The molecular formula is C13H18ClN3O3. The Kier molecular flexibility index (Phi) is 5.94. The first kappa shape index (κ1) is 16.4. The molecule has 0 saturated carbocycles. The van der Waals surface area contributed by atoms with Crippen LogP contribution in [-0.4, -0.2) is 42.5 Å². The zero-order chi connectivity index (χ0) is 13.8. The van der Waals surface area contributed by atoms with Gasteiger partial charge in [-0.3, -0.25) is 9.59 Å². The molecule has 1 aliphatic heterocycles. The Balaban J connectivity index is 0.00000200. The molecule has 0 radical (unpaired) electrons. The van der Waals surface area contributed by atoms with E-state index < -0.39 is 18.1 Å². The third kappa shape index (κ3) is 3.69. The standard InChI is InChI=1S/C13H17N3O3.ClH/c14-11(9-4-2-1-3-5-9)13(18)16-6-7-19-10(8-16)12(15)17;/h1-5,10-11H,6-8,14H2,(H2,15,17);1H. The molecule has 7 heteroatoms. The van der Waals surface area contributed by atoms with Gasteiger partial charge in [-0.15, -0.1) is 12.4 Å². The van der Waals surface area contributed by atoms with Crippen LogP contribution in [0.5, 0.6) is 0 Å². The summed E-state index contributed by atoms with van der Waals surface area (Å²) in [5, 5.41) is 0. The molecule has 1 heterocycles. The van der Waals surface area contributed by atoms with Gasteiger partial charge in [-0.2, -0.15) is 0 Å². The molecule has 4 N–H and O–H groups in total. The number of nitrogens with zero attached hydrogens (tertiary/aromatic N) is 1. The number of carbonyl (C=O) groups is 2. The van der Waals surface area contributed by atoms with Gasteiger partial charge in [0.05, 0.1) is 13.2 Å². The number of hydrogen-bond donors (Lipinski definition) is 2. The lowest BCUT2D eigenvalue weighted by atomic mass is 10.1. The van der Waals surface area contributed by atoms with Crippen LogP contribution in [0, 0.1) is 0 Å². The van der Waals surface area contributed by atoms with Gasteiger partial charge >= 0.3 is 0 Å². The first-order valence-corrected chi connectivity index (χ1v) is 6.10. The fourth-order valence-corrected chi connectivity index (χ4v) is 2.02. The fraction of sp³-hybridized carbons (Fsp3) is 0.385. The minimum absolute atomic E-state index is 0. The first-order chi connectivity index (χ1) is 9.09. The summed E-state index contributed by atoms with van der Waals surface area (Å²) < 4.78 is 5.20. The highest BCUT2D eigenvalue weighted by Gasteiger charge is 2.30. The van der Waals surface area contributed by atoms with Crippen LogP contribution in [0.3, 0.4) is 0 Å². The normalized spacial score (nSPS) is 19.9. The van der Waals surface area contributed by atoms with Crippen molar-refractivity contribution in [1.29, 1.82) is 0 Å². The van der Waals surface area contributed by atoms with E-state index in [4.69, 9.17) is 16.2 Å². The molecule has 0 bridgehead atoms. The van der Waals surface area contributed by atoms with Crippen LogP contribution in [0.25, 0.3) is 0 Å². The summed E-state index contributed by atoms with van der Waals surface area (Å²) in [7, 11) is 0. The number of ether oxygens (including phenoxy) is 1. The van der Waals surface area contributed by atoms with Crippen molar-refractivity contribution >= 4 is 24.2 Å². The van der Waals surface area contributed by atoms with Gasteiger partial charge in [-0.05, 0) is 5.56 Å². The monoisotopic (exact) mass is 299 g/mol. The molecule has 1 aliphatic rings. The number of hydrogen-bond acceptors (Lipinski definition) is 4. The summed E-state index contributed by atoms with van der Waals surface area (Å²) in [5.41, 5.74) is 11.9. The van der Waals surface area contributed by atoms with Crippen molar-refractivity contribution in [3.8, 4) is 0 Å². The quantitative estimate of drug-likeness (QED) is 0.809. The Morgan fingerprint density at radius 3 is 2.55 bits per heavy atom. The van der Waals surface area contributed by atoms with E-state index in [2.05, 4.69) is 0 Å². The van der Waals surface area contributed by atoms with Gasteiger partial charge in [0.2, 0.25) is 11.8 Å². The minimum Gasteiger partial charge on any atom is -0.367 e. The van der Waals surface area contributed by atoms with Crippen molar-refractivity contribution < 1.29 is 14.3 Å². The number of rotatable bonds is 3. The number of morpholine rings is 1. The van der Waals surface area contributed by atoms with Crippen molar-refractivity contribution in [3.05, 3.63) is 35.9 Å². The summed E-state index contributed by atoms with van der Waals surface area (Å²) in [6.07, 6.45) is -0.749. The number of nitrogens with two attached hydrogens (primary N) is 2. The second-order valence-corrected chi connectivity index (χ2v) is 4.43. The van der Waals surface area contributed by atoms with Gasteiger partial charge in [0, 0.05) is 6.54 Å². The minimum atomic E-state index is -0.749. The summed E-state index contributed by atoms with van der Waals surface area (Å²) in [5.74, 6) is -0.786. The SMILES string of the molecule is Cl.NC(=O)C1CN(C(=O)C(N)c2ccccc2)CCO1. The van der Waals surface area contributed by atoms with Crippen LogP contribution < -0.4 is 11.5 Å². The van der Waals surface area contributed by atoms with Crippen molar-refractivity contribution in [2.24, 2.45) is 11.5 Å². The third-order valence-electron chi connectivity index (χ3n) is 3.12. The largest absolute Gasteiger partial charge is 0.367 e. The summed E-state index contributed by atoms with van der Waals surface area (Å²) in [6, 6.07) is 8.39. The number of amides is 2. The van der Waals surface area contributed by atoms with Crippen molar-refractivity contribution in [2.45, 2.75) is 12.1 Å². The van der Waals surface area contributed by atoms with E-state index in [0.717, 1.165) is 5.56 Å². The number of carbonyl (C=O) groups excluding carboxylic acids is 2. The van der Waals surface area contributed by atoms with Gasteiger partial charge in [-0.25, -0.2) is 0 Å². The van der Waals surface area contributed by atoms with Gasteiger partial charge in [0.25, 0.3) is 0 Å². The van der Waals surface area contributed by atoms with E-state index in [9.17, 15) is 9.59 Å². The molecule has 1 fully saturated rings. The van der Waals surface area contributed by atoms with Crippen molar-refractivity contribution in [2.75, 3.05) is 19.7 Å². The Labute approximate surface area is 123 Å². The Bertz CT molecular complexity index is 469. The maximum absolute atomic E-state index is 12.3. The molecule has 1 aromatic rings. The lowest BCUT2D eigenvalue weighted by Gasteiger charge is -2.33. The molecule has 2 atom stereocenters. The molecule has 1 aromatic carbocycles. The van der Waals surface area contributed by atoms with E-state index in [-0.39, 0.29) is 24.9 Å². The lowest BCUT2D eigenvalue weighted by molar-refractivity contribution is -0.146. The Hall–Kier alpha value is -1.63. The third-order valence-corrected chi connectivity index (χ3v) is 3.12. The zero-order valence-corrected chi connectivity index (χ0v) is 11.7. The molecule has 2 unspecified atom stereocenters. The van der Waals surface area contributed by atoms with Crippen molar-refractivity contribution in [3.63, 3.8) is 0 Å². The molecule has 2 rings (SSSR count). The average molecular weight is 300 g/mol. The summed E-state index contributed by atoms with van der Waals surface area (Å²) >= 11 is 0. The van der Waals surface area contributed by atoms with E-state index in [1.54, 1.807) is 12.1 Å². The molecule has 6 nitrogen and oxygen atoms in total. The lowest BCUT2D eigenvalue weighted by Crippen LogP contribution is -2.52. The number of benzene rings is 1. The van der Waals surface area contributed by atoms with Gasteiger partial charge in [0.1, 0.15) is 6.04 Å². The molecule has 0 aromatic heterocycles. The topological polar surface area (TPSA) is 98.7 Å². The molecule has 0 spiro atoms. The van der Waals surface area contributed by atoms with Gasteiger partial charge < -0.3 is 21.1 Å². The Morgan fingerprint density at radius 2 is 1.95 bits per heavy atom. The van der Waals surface area contributed by atoms with Crippen LogP contribution in [0.15, 0.2) is 30.3 Å². The number of halogens is 1. The summed E-state index contributed by atoms with van der Waals surface area (Å²) in [4.78, 5) is 24.9. The first-order valence-electron chi connectivity index (χ1n) is 6.10. The predicted octanol–water partition coefficient (Wildman–Crippen LogP) is -0.179. The predicted molar refractivity (Wildman–Crippen MR) is 76.1 cm³/mol. The molecule has 0 aliphatic carbocycles. The van der Waals surface area contributed by atoms with Gasteiger partial charge in [-0.1, -0.05) is 30.3 Å². The van der Waals surface area contributed by atoms with Gasteiger partial charge in [0.15, 0.2) is 6.10 Å². The number of primary amides is 1. The van der Waals surface area contributed by atoms with E-state index in [1.807, 2.05) is 18.2 Å². The van der Waals surface area contributed by atoms with Crippen LogP contribution >= 0.6 is 12.4 Å². The fourth-order valence-electron chi connectivity index (χ4n) is 2.02. The zero-order valence-electron chi connectivity index (χ0n) is 10.9. The van der Waals surface area contributed by atoms with Crippen LogP contribution in [0.4, 0.5) is 0 Å². The molecule has 2 amide bonds. The molecule has 1 saturated heterocycles. The second kappa shape index (κ2) is 7.23. The molecule has 20 heavy (non-hydrogen) atoms. The highest BCUT2D eigenvalue weighted by atomic mass is 35.5. The van der Waals surface area contributed by atoms with E-state index in [1.165, 1.54) is 4.90 Å². The Morgan fingerprint density at radius 1 is 1.30 bits per heavy atom.